The summed E-state index contributed by atoms with van der Waals surface area (Å²) in [6, 6.07) is 3.09. The topological polar surface area (TPSA) is 145 Å². The third kappa shape index (κ3) is 4.10. The third-order valence-corrected chi connectivity index (χ3v) is 4.62. The molecule has 0 unspecified atom stereocenters. The van der Waals surface area contributed by atoms with Crippen LogP contribution in [0.3, 0.4) is 0 Å². The Hall–Kier alpha value is -2.73. The molecule has 2 aromatic heterocycles. The average Bonchev–Trinajstić information content (AvgIpc) is 3.25. The second kappa shape index (κ2) is 8.19. The van der Waals surface area contributed by atoms with Gasteiger partial charge >= 0.3 is 11.8 Å². The van der Waals surface area contributed by atoms with Crippen LogP contribution in [0.2, 0.25) is 0 Å². The fraction of sp³-hybridized carbons (Fsp3) is 0.526. The van der Waals surface area contributed by atoms with Crippen LogP contribution in [0.4, 0.5) is 4.79 Å². The minimum Gasteiger partial charge on any atom is -0.443 e. The molecule has 1 fully saturated rings. The number of aliphatic hydroxyl groups excluding tert-OH is 2. The van der Waals surface area contributed by atoms with Crippen molar-refractivity contribution in [3.05, 3.63) is 45.4 Å². The van der Waals surface area contributed by atoms with Gasteiger partial charge in [0.2, 0.25) is 0 Å². The Morgan fingerprint density at radius 1 is 1.33 bits per heavy atom. The summed E-state index contributed by atoms with van der Waals surface area (Å²) in [5, 5.41) is 19.6. The fourth-order valence-electron chi connectivity index (χ4n) is 3.28. The lowest BCUT2D eigenvalue weighted by atomic mass is 10.1. The minimum atomic E-state index is -1.18. The Morgan fingerprint density at radius 2 is 2.03 bits per heavy atom. The molecule has 1 saturated heterocycles. The number of nitrogens with one attached hydrogen (secondary N) is 1. The van der Waals surface area contributed by atoms with Crippen molar-refractivity contribution in [2.75, 3.05) is 13.7 Å². The number of aromatic amines is 1. The summed E-state index contributed by atoms with van der Waals surface area (Å²) in [5.74, 6) is 0. The number of H-pyrrole nitrogens is 1. The first kappa shape index (κ1) is 22.0. The Balaban J connectivity index is 2.06. The van der Waals surface area contributed by atoms with Gasteiger partial charge in [-0.05, 0) is 32.9 Å². The molecule has 0 amide bonds. The highest BCUT2D eigenvalue weighted by Crippen LogP contribution is 2.31. The van der Waals surface area contributed by atoms with Gasteiger partial charge in [-0.2, -0.15) is 0 Å². The normalized spacial score (nSPS) is 24.2. The molecule has 3 rings (SSSR count). The summed E-state index contributed by atoms with van der Waals surface area (Å²) in [6.07, 6.45) is -2.24. The summed E-state index contributed by atoms with van der Waals surface area (Å²) in [6.45, 7) is 4.66. The molecule has 0 aliphatic carbocycles. The zero-order chi connectivity index (χ0) is 22.2. The minimum absolute atomic E-state index is 0.00542. The molecule has 0 bridgehead atoms. The molecule has 11 heteroatoms. The van der Waals surface area contributed by atoms with Crippen molar-refractivity contribution in [2.45, 2.75) is 50.9 Å². The smallest absolute Gasteiger partial charge is 0.418 e. The molecule has 164 valence electrons. The number of hydrogen-bond acceptors (Lipinski definition) is 8. The predicted octanol–water partition coefficient (Wildman–Crippen LogP) is 0.0539. The summed E-state index contributed by atoms with van der Waals surface area (Å²) >= 11 is 0. The van der Waals surface area contributed by atoms with Crippen LogP contribution in [0, 0.1) is 0 Å². The Labute approximate surface area is 171 Å². The van der Waals surface area contributed by atoms with E-state index in [1.165, 1.54) is 25.6 Å². The summed E-state index contributed by atoms with van der Waals surface area (Å²) in [4.78, 5) is 39.7. The van der Waals surface area contributed by atoms with Crippen LogP contribution in [0.15, 0.2) is 34.1 Å². The Morgan fingerprint density at radius 3 is 2.63 bits per heavy atom. The van der Waals surface area contributed by atoms with Crippen molar-refractivity contribution in [1.29, 1.82) is 0 Å². The summed E-state index contributed by atoms with van der Waals surface area (Å²) in [5.41, 5.74) is -2.05. The molecule has 30 heavy (non-hydrogen) atoms. The van der Waals surface area contributed by atoms with Crippen molar-refractivity contribution in [2.24, 2.45) is 0 Å². The van der Waals surface area contributed by atoms with E-state index in [0.717, 1.165) is 9.13 Å². The molecular formula is C19H25N3O8. The second-order valence-corrected chi connectivity index (χ2v) is 7.89. The third-order valence-electron chi connectivity index (χ3n) is 4.62. The Bertz CT molecular complexity index is 1030. The van der Waals surface area contributed by atoms with Crippen LogP contribution in [0.5, 0.6) is 0 Å². The highest BCUT2D eigenvalue weighted by molar-refractivity contribution is 5.78. The average molecular weight is 423 g/mol. The van der Waals surface area contributed by atoms with E-state index >= 15 is 0 Å². The van der Waals surface area contributed by atoms with Crippen molar-refractivity contribution >= 4 is 6.09 Å². The van der Waals surface area contributed by atoms with E-state index in [1.54, 1.807) is 26.8 Å². The van der Waals surface area contributed by atoms with Crippen molar-refractivity contribution in [1.82, 2.24) is 14.1 Å². The molecule has 0 spiro atoms. The molecule has 3 N–H and O–H groups in total. The quantitative estimate of drug-likeness (QED) is 0.626. The highest BCUT2D eigenvalue weighted by atomic mass is 16.6. The largest absolute Gasteiger partial charge is 0.443 e. The standard InChI is InChI=1S/C19H25N3O8/c1-19(2,3)30-18(27)21-7-5-6-11(21)10-8-22(17(26)20-15(10)25)16-14(28-4)13(24)12(9-23)29-16/h5-8,12-14,16,23-24H,9H2,1-4H3,(H,20,25,26)/t12-,13-,14-,16-/m1/s1. The first-order valence-corrected chi connectivity index (χ1v) is 9.31. The van der Waals surface area contributed by atoms with Gasteiger partial charge < -0.3 is 24.4 Å². The summed E-state index contributed by atoms with van der Waals surface area (Å²) in [7, 11) is 1.33. The van der Waals surface area contributed by atoms with Gasteiger partial charge in [-0.25, -0.2) is 9.59 Å². The van der Waals surface area contributed by atoms with Crippen molar-refractivity contribution < 1.29 is 29.2 Å². The maximum atomic E-state index is 12.5. The number of aromatic nitrogens is 3. The SMILES string of the molecule is CO[C@@H]1[C@H](O)[C@@H](CO)O[C@H]1n1cc(-c2cccn2C(=O)OC(C)(C)C)c(=O)[nH]c1=O. The monoisotopic (exact) mass is 423 g/mol. The molecule has 0 saturated carbocycles. The van der Waals surface area contributed by atoms with Gasteiger partial charge in [-0.15, -0.1) is 0 Å². The van der Waals surface area contributed by atoms with Gasteiger partial charge in [-0.3, -0.25) is 18.9 Å². The molecule has 1 aliphatic heterocycles. The zero-order valence-corrected chi connectivity index (χ0v) is 17.1. The summed E-state index contributed by atoms with van der Waals surface area (Å²) < 4.78 is 18.4. The lowest BCUT2D eigenvalue weighted by molar-refractivity contribution is -0.0624. The van der Waals surface area contributed by atoms with Gasteiger partial charge in [0.25, 0.3) is 5.56 Å². The van der Waals surface area contributed by atoms with E-state index in [9.17, 15) is 24.6 Å². The lowest BCUT2D eigenvalue weighted by Gasteiger charge is -2.22. The molecule has 0 aromatic carbocycles. The van der Waals surface area contributed by atoms with Crippen molar-refractivity contribution in [3.8, 4) is 11.3 Å². The van der Waals surface area contributed by atoms with Gasteiger partial charge in [0.05, 0.1) is 17.9 Å². The van der Waals surface area contributed by atoms with E-state index in [1.807, 2.05) is 0 Å². The molecule has 3 heterocycles. The molecule has 4 atom stereocenters. The van der Waals surface area contributed by atoms with Gasteiger partial charge in [-0.1, -0.05) is 0 Å². The number of hydrogen-bond donors (Lipinski definition) is 3. The highest BCUT2D eigenvalue weighted by Gasteiger charge is 2.45. The van der Waals surface area contributed by atoms with Crippen LogP contribution in [0.1, 0.15) is 27.0 Å². The van der Waals surface area contributed by atoms with E-state index in [0.29, 0.717) is 0 Å². The second-order valence-electron chi connectivity index (χ2n) is 7.89. The number of aliphatic hydroxyl groups is 2. The van der Waals surface area contributed by atoms with Gasteiger partial charge in [0, 0.05) is 19.5 Å². The van der Waals surface area contributed by atoms with E-state index in [4.69, 9.17) is 14.2 Å². The molecule has 2 aromatic rings. The fourth-order valence-corrected chi connectivity index (χ4v) is 3.28. The van der Waals surface area contributed by atoms with Crippen LogP contribution >= 0.6 is 0 Å². The van der Waals surface area contributed by atoms with Crippen LogP contribution in [0.25, 0.3) is 11.3 Å². The Kier molecular flexibility index (Phi) is 5.99. The van der Waals surface area contributed by atoms with Crippen LogP contribution in [-0.4, -0.2) is 68.1 Å². The lowest BCUT2D eigenvalue weighted by Crippen LogP contribution is -2.39. The van der Waals surface area contributed by atoms with E-state index < -0.39 is 54.1 Å². The predicted molar refractivity (Wildman–Crippen MR) is 104 cm³/mol. The number of ether oxygens (including phenoxy) is 3. The van der Waals surface area contributed by atoms with E-state index in [-0.39, 0.29) is 11.3 Å². The maximum Gasteiger partial charge on any atom is 0.418 e. The maximum absolute atomic E-state index is 12.5. The number of nitrogens with zero attached hydrogens (tertiary/aromatic N) is 2. The first-order chi connectivity index (χ1) is 14.1. The van der Waals surface area contributed by atoms with Gasteiger partial charge in [0.1, 0.15) is 23.9 Å². The van der Waals surface area contributed by atoms with Crippen LogP contribution < -0.4 is 11.2 Å². The first-order valence-electron chi connectivity index (χ1n) is 9.31. The van der Waals surface area contributed by atoms with Crippen LogP contribution in [-0.2, 0) is 14.2 Å². The number of methoxy groups -OCH3 is 1. The molecule has 11 nitrogen and oxygen atoms in total. The molecular weight excluding hydrogens is 398 g/mol. The van der Waals surface area contributed by atoms with Gasteiger partial charge in [0.15, 0.2) is 6.23 Å². The zero-order valence-electron chi connectivity index (χ0n) is 17.1. The van der Waals surface area contributed by atoms with E-state index in [2.05, 4.69) is 4.98 Å². The molecule has 1 aliphatic rings. The number of rotatable bonds is 4. The number of carbonyl (C=O) groups excluding carboxylic acids is 1. The molecule has 0 radical (unpaired) electrons. The van der Waals surface area contributed by atoms with Crippen molar-refractivity contribution in [3.63, 3.8) is 0 Å². The number of carbonyl (C=O) groups is 1.